The van der Waals surface area contributed by atoms with Gasteiger partial charge in [-0.15, -0.1) is 11.3 Å². The van der Waals surface area contributed by atoms with Gasteiger partial charge in [-0.25, -0.2) is 9.78 Å². The van der Waals surface area contributed by atoms with E-state index in [1.807, 2.05) is 37.4 Å². The van der Waals surface area contributed by atoms with Gasteiger partial charge in [-0.3, -0.25) is 4.79 Å². The summed E-state index contributed by atoms with van der Waals surface area (Å²) >= 11 is 1.11. The molecule has 130 valence electrons. The number of para-hydroxylation sites is 1. The van der Waals surface area contributed by atoms with E-state index < -0.39 is 5.97 Å². The second-order valence-corrected chi connectivity index (χ2v) is 6.95. The number of aryl methyl sites for hydroxylation is 2. The molecule has 0 aliphatic carbocycles. The van der Waals surface area contributed by atoms with Crippen LogP contribution in [0.3, 0.4) is 0 Å². The highest BCUT2D eigenvalue weighted by Crippen LogP contribution is 2.24. The summed E-state index contributed by atoms with van der Waals surface area (Å²) in [5.41, 5.74) is 2.65. The van der Waals surface area contributed by atoms with Gasteiger partial charge in [-0.05, 0) is 31.9 Å². The number of aromatic nitrogens is 2. The Kier molecular flexibility index (Phi) is 4.85. The van der Waals surface area contributed by atoms with Crippen molar-refractivity contribution >= 4 is 34.1 Å². The summed E-state index contributed by atoms with van der Waals surface area (Å²) in [5, 5.41) is 13.7. The van der Waals surface area contributed by atoms with Crippen molar-refractivity contribution in [2.45, 2.75) is 32.7 Å². The number of H-pyrrole nitrogens is 1. The minimum absolute atomic E-state index is 0.0810. The van der Waals surface area contributed by atoms with Gasteiger partial charge in [0.25, 0.3) is 0 Å². The second kappa shape index (κ2) is 7.06. The van der Waals surface area contributed by atoms with Crippen molar-refractivity contribution in [3.8, 4) is 0 Å². The van der Waals surface area contributed by atoms with Crippen LogP contribution in [0.5, 0.6) is 0 Å². The van der Waals surface area contributed by atoms with Gasteiger partial charge in [0.15, 0.2) is 0 Å². The van der Waals surface area contributed by atoms with Crippen LogP contribution in [0, 0.1) is 6.92 Å². The monoisotopic (exact) mass is 357 g/mol. The van der Waals surface area contributed by atoms with E-state index in [0.29, 0.717) is 23.5 Å². The lowest BCUT2D eigenvalue weighted by molar-refractivity contribution is -0.121. The third-order valence-corrected chi connectivity index (χ3v) is 5.38. The van der Waals surface area contributed by atoms with Gasteiger partial charge in [0, 0.05) is 23.5 Å². The van der Waals surface area contributed by atoms with E-state index in [-0.39, 0.29) is 16.8 Å². The molecule has 0 saturated heterocycles. The first-order chi connectivity index (χ1) is 12.0. The standard InChI is InChI=1S/C18H19N3O3S/c1-10-16(18(23)24)25-17(21-10)11(2)20-15(22)8-7-12-9-19-14-6-4-3-5-13(12)14/h3-6,9,11,19H,7-8H2,1-2H3,(H,20,22)(H,23,24). The summed E-state index contributed by atoms with van der Waals surface area (Å²) in [6.45, 7) is 3.47. The zero-order valence-electron chi connectivity index (χ0n) is 14.0. The molecule has 3 aromatic rings. The minimum atomic E-state index is -0.987. The molecule has 0 fully saturated rings. The van der Waals surface area contributed by atoms with Crippen LogP contribution < -0.4 is 5.32 Å². The third kappa shape index (κ3) is 3.71. The molecular formula is C18H19N3O3S. The lowest BCUT2D eigenvalue weighted by Crippen LogP contribution is -2.26. The van der Waals surface area contributed by atoms with Crippen LogP contribution in [0.15, 0.2) is 30.5 Å². The van der Waals surface area contributed by atoms with Crippen molar-refractivity contribution in [3.05, 3.63) is 51.6 Å². The van der Waals surface area contributed by atoms with Gasteiger partial charge >= 0.3 is 5.97 Å². The van der Waals surface area contributed by atoms with Gasteiger partial charge in [0.1, 0.15) is 9.88 Å². The van der Waals surface area contributed by atoms with Crippen LogP contribution in [-0.4, -0.2) is 27.0 Å². The number of nitrogens with zero attached hydrogens (tertiary/aromatic N) is 1. The van der Waals surface area contributed by atoms with E-state index in [0.717, 1.165) is 27.8 Å². The number of benzene rings is 1. The number of carboxylic acid groups (broad SMARTS) is 1. The van der Waals surface area contributed by atoms with Gasteiger partial charge in [-0.2, -0.15) is 0 Å². The molecule has 3 rings (SSSR count). The topological polar surface area (TPSA) is 95.1 Å². The molecule has 0 bridgehead atoms. The number of carbonyl (C=O) groups is 2. The van der Waals surface area contributed by atoms with Gasteiger partial charge < -0.3 is 15.4 Å². The first-order valence-electron chi connectivity index (χ1n) is 8.00. The number of aromatic carboxylic acids is 1. The van der Waals surface area contributed by atoms with Crippen molar-refractivity contribution in [1.29, 1.82) is 0 Å². The first kappa shape index (κ1) is 17.2. The molecule has 0 aliphatic heterocycles. The van der Waals surface area contributed by atoms with Crippen LogP contribution in [0.2, 0.25) is 0 Å². The number of fused-ring (bicyclic) bond motifs is 1. The first-order valence-corrected chi connectivity index (χ1v) is 8.82. The van der Waals surface area contributed by atoms with Crippen LogP contribution in [0.4, 0.5) is 0 Å². The number of carbonyl (C=O) groups excluding carboxylic acids is 1. The number of rotatable bonds is 6. The molecule has 6 nitrogen and oxygen atoms in total. The number of thiazole rings is 1. The average molecular weight is 357 g/mol. The molecule has 0 aliphatic rings. The highest BCUT2D eigenvalue weighted by Gasteiger charge is 2.19. The molecule has 3 N–H and O–H groups in total. The summed E-state index contributed by atoms with van der Waals surface area (Å²) < 4.78 is 0. The smallest absolute Gasteiger partial charge is 0.347 e. The minimum Gasteiger partial charge on any atom is -0.477 e. The normalized spacial score (nSPS) is 12.2. The number of amides is 1. The lowest BCUT2D eigenvalue weighted by Gasteiger charge is -2.11. The molecule has 1 unspecified atom stereocenters. The Morgan fingerprint density at radius 1 is 1.36 bits per heavy atom. The Morgan fingerprint density at radius 2 is 2.12 bits per heavy atom. The van der Waals surface area contributed by atoms with Crippen molar-refractivity contribution in [2.24, 2.45) is 0 Å². The zero-order chi connectivity index (χ0) is 18.0. The quantitative estimate of drug-likeness (QED) is 0.630. The largest absolute Gasteiger partial charge is 0.477 e. The maximum Gasteiger partial charge on any atom is 0.347 e. The van der Waals surface area contributed by atoms with Crippen molar-refractivity contribution in [3.63, 3.8) is 0 Å². The molecule has 7 heteroatoms. The Morgan fingerprint density at radius 3 is 2.84 bits per heavy atom. The van der Waals surface area contributed by atoms with E-state index in [9.17, 15) is 9.59 Å². The molecule has 2 aromatic heterocycles. The molecule has 0 radical (unpaired) electrons. The fourth-order valence-electron chi connectivity index (χ4n) is 2.76. The second-order valence-electron chi connectivity index (χ2n) is 5.92. The summed E-state index contributed by atoms with van der Waals surface area (Å²) in [5.74, 6) is -1.07. The number of nitrogens with one attached hydrogen (secondary N) is 2. The predicted molar refractivity (Wildman–Crippen MR) is 97.0 cm³/mol. The molecule has 2 heterocycles. The molecule has 25 heavy (non-hydrogen) atoms. The highest BCUT2D eigenvalue weighted by molar-refractivity contribution is 7.13. The summed E-state index contributed by atoms with van der Waals surface area (Å²) in [4.78, 5) is 31.0. The van der Waals surface area contributed by atoms with E-state index in [4.69, 9.17) is 5.11 Å². The van der Waals surface area contributed by atoms with E-state index in [2.05, 4.69) is 15.3 Å². The lowest BCUT2D eigenvalue weighted by atomic mass is 10.1. The van der Waals surface area contributed by atoms with Crippen LogP contribution >= 0.6 is 11.3 Å². The van der Waals surface area contributed by atoms with Crippen LogP contribution in [0.25, 0.3) is 10.9 Å². The Bertz CT molecular complexity index is 929. The Balaban J connectivity index is 1.60. The Hall–Kier alpha value is -2.67. The number of carboxylic acids is 1. The van der Waals surface area contributed by atoms with Crippen molar-refractivity contribution < 1.29 is 14.7 Å². The van der Waals surface area contributed by atoms with Crippen molar-refractivity contribution in [2.75, 3.05) is 0 Å². The number of aromatic amines is 1. The number of hydrogen-bond donors (Lipinski definition) is 3. The average Bonchev–Trinajstić information content (AvgIpc) is 3.16. The zero-order valence-corrected chi connectivity index (χ0v) is 14.8. The maximum atomic E-state index is 12.2. The third-order valence-electron chi connectivity index (χ3n) is 4.05. The van der Waals surface area contributed by atoms with Crippen LogP contribution in [-0.2, 0) is 11.2 Å². The molecule has 1 amide bonds. The molecule has 1 atom stereocenters. The summed E-state index contributed by atoms with van der Waals surface area (Å²) in [7, 11) is 0. The fraction of sp³-hybridized carbons (Fsp3) is 0.278. The molecule has 0 spiro atoms. The van der Waals surface area contributed by atoms with Gasteiger partial charge in [0.2, 0.25) is 5.91 Å². The van der Waals surface area contributed by atoms with E-state index in [1.54, 1.807) is 6.92 Å². The maximum absolute atomic E-state index is 12.2. The summed E-state index contributed by atoms with van der Waals surface area (Å²) in [6.07, 6.45) is 2.94. The molecular weight excluding hydrogens is 338 g/mol. The highest BCUT2D eigenvalue weighted by atomic mass is 32.1. The molecule has 0 saturated carbocycles. The van der Waals surface area contributed by atoms with E-state index in [1.165, 1.54) is 0 Å². The Labute approximate surface area is 148 Å². The van der Waals surface area contributed by atoms with Gasteiger partial charge in [-0.1, -0.05) is 18.2 Å². The van der Waals surface area contributed by atoms with Crippen LogP contribution in [0.1, 0.15) is 45.3 Å². The summed E-state index contributed by atoms with van der Waals surface area (Å²) in [6, 6.07) is 7.68. The van der Waals surface area contributed by atoms with E-state index >= 15 is 0 Å². The number of hydrogen-bond acceptors (Lipinski definition) is 4. The predicted octanol–water partition coefficient (Wildman–Crippen LogP) is 3.44. The molecule has 1 aromatic carbocycles. The SMILES string of the molecule is Cc1nc(C(C)NC(=O)CCc2c[nH]c3ccccc23)sc1C(=O)O. The van der Waals surface area contributed by atoms with Gasteiger partial charge in [0.05, 0.1) is 11.7 Å². The van der Waals surface area contributed by atoms with Crippen molar-refractivity contribution in [1.82, 2.24) is 15.3 Å². The fourth-order valence-corrected chi connectivity index (χ4v) is 3.67.